The van der Waals surface area contributed by atoms with Crippen molar-refractivity contribution >= 4 is 28.9 Å². The first kappa shape index (κ1) is 13.0. The lowest BCUT2D eigenvalue weighted by atomic mass is 10.3. The molecule has 0 unspecified atom stereocenters. The van der Waals surface area contributed by atoms with Crippen molar-refractivity contribution < 1.29 is 9.53 Å². The molecular weight excluding hydrogens is 272 g/mol. The summed E-state index contributed by atoms with van der Waals surface area (Å²) < 4.78 is 4.97. The van der Waals surface area contributed by atoms with Crippen LogP contribution in [0.4, 0.5) is 0 Å². The highest BCUT2D eigenvalue weighted by Gasteiger charge is 2.17. The number of carbonyl (C=O) groups is 1. The van der Waals surface area contributed by atoms with Crippen LogP contribution in [0.3, 0.4) is 0 Å². The quantitative estimate of drug-likeness (QED) is 0.640. The molecule has 6 heteroatoms. The molecule has 0 saturated carbocycles. The van der Waals surface area contributed by atoms with Crippen molar-refractivity contribution in [2.45, 2.75) is 13.8 Å². The van der Waals surface area contributed by atoms with Crippen LogP contribution >= 0.6 is 22.9 Å². The number of aryl methyl sites for hydroxylation is 1. The first-order chi connectivity index (χ1) is 8.61. The number of nitrogens with zero attached hydrogens (tertiary/aromatic N) is 2. The average molecular weight is 283 g/mol. The highest BCUT2D eigenvalue weighted by Crippen LogP contribution is 2.27. The molecule has 2 rings (SSSR count). The van der Waals surface area contributed by atoms with Gasteiger partial charge in [0.15, 0.2) is 0 Å². The molecule has 2 aromatic heterocycles. The van der Waals surface area contributed by atoms with Gasteiger partial charge in [-0.3, -0.25) is 0 Å². The van der Waals surface area contributed by atoms with E-state index in [9.17, 15) is 4.79 Å². The Kier molecular flexibility index (Phi) is 3.93. The molecule has 0 aliphatic carbocycles. The van der Waals surface area contributed by atoms with Gasteiger partial charge in [-0.1, -0.05) is 17.7 Å². The van der Waals surface area contributed by atoms with Crippen molar-refractivity contribution in [3.63, 3.8) is 0 Å². The van der Waals surface area contributed by atoms with Crippen LogP contribution in [0, 0.1) is 6.92 Å². The second kappa shape index (κ2) is 5.46. The van der Waals surface area contributed by atoms with Crippen molar-refractivity contribution in [2.24, 2.45) is 0 Å². The first-order valence-electron chi connectivity index (χ1n) is 5.39. The van der Waals surface area contributed by atoms with E-state index in [0.29, 0.717) is 33.0 Å². The molecule has 4 nitrogen and oxygen atoms in total. The maximum atomic E-state index is 11.7. The molecule has 94 valence electrons. The summed E-state index contributed by atoms with van der Waals surface area (Å²) in [5.74, 6) is -0.347. The average Bonchev–Trinajstić information content (AvgIpc) is 2.72. The summed E-state index contributed by atoms with van der Waals surface area (Å²) in [5, 5.41) is 1.07. The lowest BCUT2D eigenvalue weighted by Gasteiger charge is -1.97. The van der Waals surface area contributed by atoms with Gasteiger partial charge in [0.1, 0.15) is 20.7 Å². The molecule has 0 saturated heterocycles. The van der Waals surface area contributed by atoms with E-state index in [-0.39, 0.29) is 5.97 Å². The number of ether oxygens (including phenoxy) is 1. The SMILES string of the molecule is CCOC(=O)c1sc(-c2cccc(Cl)n2)nc1C. The number of pyridine rings is 1. The smallest absolute Gasteiger partial charge is 0.350 e. The van der Waals surface area contributed by atoms with Gasteiger partial charge in [-0.25, -0.2) is 14.8 Å². The largest absolute Gasteiger partial charge is 0.462 e. The predicted octanol–water partition coefficient (Wildman–Crippen LogP) is 3.34. The highest BCUT2D eigenvalue weighted by atomic mass is 35.5. The molecule has 0 fully saturated rings. The summed E-state index contributed by atoms with van der Waals surface area (Å²) in [7, 11) is 0. The number of aromatic nitrogens is 2. The second-order valence-electron chi connectivity index (χ2n) is 3.50. The molecular formula is C12H11ClN2O2S. The Morgan fingerprint density at radius 1 is 1.44 bits per heavy atom. The van der Waals surface area contributed by atoms with Crippen LogP contribution in [0.25, 0.3) is 10.7 Å². The summed E-state index contributed by atoms with van der Waals surface area (Å²) in [6.07, 6.45) is 0. The van der Waals surface area contributed by atoms with Crippen LogP contribution in [0.15, 0.2) is 18.2 Å². The highest BCUT2D eigenvalue weighted by molar-refractivity contribution is 7.17. The van der Waals surface area contributed by atoms with Gasteiger partial charge in [0.25, 0.3) is 0 Å². The third kappa shape index (κ3) is 2.68. The zero-order valence-corrected chi connectivity index (χ0v) is 11.5. The summed E-state index contributed by atoms with van der Waals surface area (Å²) >= 11 is 7.09. The molecule has 0 N–H and O–H groups in total. The van der Waals surface area contributed by atoms with E-state index in [1.165, 1.54) is 11.3 Å². The normalized spacial score (nSPS) is 10.4. The minimum Gasteiger partial charge on any atom is -0.462 e. The molecule has 0 aliphatic rings. The number of thiazole rings is 1. The van der Waals surface area contributed by atoms with E-state index in [2.05, 4.69) is 9.97 Å². The Hall–Kier alpha value is -1.46. The van der Waals surface area contributed by atoms with Crippen LogP contribution in [-0.2, 0) is 4.74 Å². The number of carbonyl (C=O) groups excluding carboxylic acids is 1. The zero-order chi connectivity index (χ0) is 13.1. The van der Waals surface area contributed by atoms with Crippen LogP contribution in [0.2, 0.25) is 5.15 Å². The lowest BCUT2D eigenvalue weighted by molar-refractivity contribution is 0.0531. The third-order valence-corrected chi connectivity index (χ3v) is 3.56. The number of hydrogen-bond donors (Lipinski definition) is 0. The van der Waals surface area contributed by atoms with E-state index in [1.54, 1.807) is 32.0 Å². The molecule has 2 aromatic rings. The number of halogens is 1. The lowest BCUT2D eigenvalue weighted by Crippen LogP contribution is -2.03. The maximum Gasteiger partial charge on any atom is 0.350 e. The molecule has 0 amide bonds. The maximum absolute atomic E-state index is 11.7. The van der Waals surface area contributed by atoms with Crippen molar-refractivity contribution in [3.05, 3.63) is 33.9 Å². The summed E-state index contributed by atoms with van der Waals surface area (Å²) in [4.78, 5) is 20.7. The Morgan fingerprint density at radius 2 is 2.22 bits per heavy atom. The molecule has 0 spiro atoms. The van der Waals surface area contributed by atoms with Gasteiger partial charge < -0.3 is 4.74 Å². The number of esters is 1. The van der Waals surface area contributed by atoms with Gasteiger partial charge in [-0.05, 0) is 26.0 Å². The van der Waals surface area contributed by atoms with Gasteiger partial charge in [-0.15, -0.1) is 11.3 Å². The van der Waals surface area contributed by atoms with Gasteiger partial charge in [-0.2, -0.15) is 0 Å². The van der Waals surface area contributed by atoms with E-state index >= 15 is 0 Å². The van der Waals surface area contributed by atoms with Crippen LogP contribution in [-0.4, -0.2) is 22.5 Å². The molecule has 0 aliphatic heterocycles. The first-order valence-corrected chi connectivity index (χ1v) is 6.58. The molecule has 0 aromatic carbocycles. The minimum absolute atomic E-state index is 0.347. The summed E-state index contributed by atoms with van der Waals surface area (Å²) in [5.41, 5.74) is 1.31. The fourth-order valence-corrected chi connectivity index (χ4v) is 2.51. The third-order valence-electron chi connectivity index (χ3n) is 2.19. The predicted molar refractivity (Wildman–Crippen MR) is 71.0 cm³/mol. The number of rotatable bonds is 3. The van der Waals surface area contributed by atoms with Gasteiger partial charge >= 0.3 is 5.97 Å². The van der Waals surface area contributed by atoms with Gasteiger partial charge in [0, 0.05) is 0 Å². The van der Waals surface area contributed by atoms with Gasteiger partial charge in [0.05, 0.1) is 12.3 Å². The zero-order valence-electron chi connectivity index (χ0n) is 9.94. The topological polar surface area (TPSA) is 52.1 Å². The van der Waals surface area contributed by atoms with Crippen molar-refractivity contribution in [2.75, 3.05) is 6.61 Å². The Bertz CT molecular complexity index is 583. The van der Waals surface area contributed by atoms with Crippen LogP contribution in [0.1, 0.15) is 22.3 Å². The van der Waals surface area contributed by atoms with E-state index in [0.717, 1.165) is 0 Å². The fraction of sp³-hybridized carbons (Fsp3) is 0.250. The molecule has 2 heterocycles. The Balaban J connectivity index is 2.37. The van der Waals surface area contributed by atoms with Gasteiger partial charge in [0.2, 0.25) is 0 Å². The Morgan fingerprint density at radius 3 is 2.89 bits per heavy atom. The van der Waals surface area contributed by atoms with E-state index < -0.39 is 0 Å². The van der Waals surface area contributed by atoms with Crippen LogP contribution in [0.5, 0.6) is 0 Å². The molecule has 0 bridgehead atoms. The molecule has 18 heavy (non-hydrogen) atoms. The molecule has 0 atom stereocenters. The Labute approximate surface area is 114 Å². The second-order valence-corrected chi connectivity index (χ2v) is 4.89. The fourth-order valence-electron chi connectivity index (χ4n) is 1.42. The number of hydrogen-bond acceptors (Lipinski definition) is 5. The monoisotopic (exact) mass is 282 g/mol. The summed E-state index contributed by atoms with van der Waals surface area (Å²) in [6.45, 7) is 3.89. The van der Waals surface area contributed by atoms with E-state index in [1.807, 2.05) is 0 Å². The van der Waals surface area contributed by atoms with Crippen molar-refractivity contribution in [1.82, 2.24) is 9.97 Å². The van der Waals surface area contributed by atoms with E-state index in [4.69, 9.17) is 16.3 Å². The van der Waals surface area contributed by atoms with Crippen LogP contribution < -0.4 is 0 Å². The summed E-state index contributed by atoms with van der Waals surface area (Å²) in [6, 6.07) is 5.29. The standard InChI is InChI=1S/C12H11ClN2O2S/c1-3-17-12(16)10-7(2)14-11(18-10)8-5-4-6-9(13)15-8/h4-6H,3H2,1-2H3. The van der Waals surface area contributed by atoms with Crippen molar-refractivity contribution in [1.29, 1.82) is 0 Å². The van der Waals surface area contributed by atoms with Crippen molar-refractivity contribution in [3.8, 4) is 10.7 Å². The minimum atomic E-state index is -0.347. The molecule has 0 radical (unpaired) electrons.